The van der Waals surface area contributed by atoms with Crippen molar-refractivity contribution in [1.82, 2.24) is 10.6 Å². The van der Waals surface area contributed by atoms with Crippen LogP contribution in [0.25, 0.3) is 0 Å². The van der Waals surface area contributed by atoms with Crippen LogP contribution in [-0.4, -0.2) is 33.5 Å². The van der Waals surface area contributed by atoms with E-state index < -0.39 is 10.0 Å². The summed E-state index contributed by atoms with van der Waals surface area (Å²) in [6.45, 7) is 8.81. The van der Waals surface area contributed by atoms with Gasteiger partial charge in [-0.05, 0) is 56.6 Å². The first-order valence-corrected chi connectivity index (χ1v) is 10.4. The Morgan fingerprint density at radius 1 is 1.11 bits per heavy atom. The van der Waals surface area contributed by atoms with Crippen LogP contribution < -0.4 is 15.4 Å². The molecule has 3 N–H and O–H groups in total. The summed E-state index contributed by atoms with van der Waals surface area (Å²) in [5.41, 5.74) is 2.04. The van der Waals surface area contributed by atoms with Crippen LogP contribution in [0.3, 0.4) is 0 Å². The van der Waals surface area contributed by atoms with Crippen molar-refractivity contribution in [2.45, 2.75) is 38.6 Å². The third kappa shape index (κ3) is 6.22. The smallest absolute Gasteiger partial charge is 0.262 e. The van der Waals surface area contributed by atoms with Gasteiger partial charge in [0.1, 0.15) is 0 Å². The third-order valence-corrected chi connectivity index (χ3v) is 5.68. The molecule has 0 heterocycles. The molecule has 0 aliphatic heterocycles. The number of halogens is 1. The van der Waals surface area contributed by atoms with Gasteiger partial charge in [0.2, 0.25) is 0 Å². The van der Waals surface area contributed by atoms with Crippen LogP contribution >= 0.6 is 12.4 Å². The summed E-state index contributed by atoms with van der Waals surface area (Å²) in [5.74, 6) is -0.320. The fraction of sp³-hybridized carbons (Fsp3) is 0.350. The minimum Gasteiger partial charge on any atom is -0.350 e. The summed E-state index contributed by atoms with van der Waals surface area (Å²) in [6, 6.07) is 12.0. The number of anilines is 1. The maximum Gasteiger partial charge on any atom is 0.262 e. The molecule has 8 heteroatoms. The Kier molecular flexibility index (Phi) is 8.94. The van der Waals surface area contributed by atoms with Crippen molar-refractivity contribution in [3.8, 4) is 0 Å². The number of para-hydroxylation sites is 1. The number of nitrogens with one attached hydrogen (secondary N) is 3. The maximum absolute atomic E-state index is 12.8. The molecule has 0 bridgehead atoms. The normalized spacial score (nSPS) is 12.0. The number of carbonyl (C=O) groups excluding carboxylic acids is 1. The minimum absolute atomic E-state index is 0. The number of hydrogen-bond donors (Lipinski definition) is 3. The second-order valence-electron chi connectivity index (χ2n) is 6.59. The van der Waals surface area contributed by atoms with E-state index in [1.807, 2.05) is 26.8 Å². The largest absolute Gasteiger partial charge is 0.350 e. The molecule has 0 fully saturated rings. The zero-order chi connectivity index (χ0) is 20.0. The summed E-state index contributed by atoms with van der Waals surface area (Å²) in [7, 11) is -3.80. The topological polar surface area (TPSA) is 87.3 Å². The van der Waals surface area contributed by atoms with Crippen molar-refractivity contribution in [3.05, 3.63) is 59.2 Å². The predicted octanol–water partition coefficient (Wildman–Crippen LogP) is 3.25. The number of carbonyl (C=O) groups is 1. The van der Waals surface area contributed by atoms with Crippen molar-refractivity contribution in [2.24, 2.45) is 0 Å². The van der Waals surface area contributed by atoms with Gasteiger partial charge < -0.3 is 10.6 Å². The van der Waals surface area contributed by atoms with Crippen LogP contribution in [0.4, 0.5) is 5.69 Å². The minimum atomic E-state index is -3.80. The lowest BCUT2D eigenvalue weighted by molar-refractivity contribution is 0.0951. The highest BCUT2D eigenvalue weighted by Crippen LogP contribution is 2.23. The average molecular weight is 426 g/mol. The van der Waals surface area contributed by atoms with Crippen LogP contribution in [-0.2, 0) is 10.0 Å². The van der Waals surface area contributed by atoms with E-state index in [9.17, 15) is 13.2 Å². The van der Waals surface area contributed by atoms with Crippen LogP contribution in [0, 0.1) is 13.8 Å². The molecule has 0 aliphatic rings. The summed E-state index contributed by atoms with van der Waals surface area (Å²) in [6.07, 6.45) is 0. The Hall–Kier alpha value is -2.09. The number of benzene rings is 2. The lowest BCUT2D eigenvalue weighted by Gasteiger charge is -2.16. The molecule has 1 atom stereocenters. The quantitative estimate of drug-likeness (QED) is 0.605. The van der Waals surface area contributed by atoms with Gasteiger partial charge in [-0.2, -0.15) is 0 Å². The SMILES string of the molecule is CCN[C@H](C)CNC(=O)c1ccccc1NS(=O)(=O)c1cc(C)ccc1C.Cl. The van der Waals surface area contributed by atoms with Gasteiger partial charge in [0.05, 0.1) is 16.1 Å². The zero-order valence-corrected chi connectivity index (χ0v) is 18.2. The van der Waals surface area contributed by atoms with E-state index in [1.165, 1.54) is 0 Å². The second-order valence-corrected chi connectivity index (χ2v) is 8.24. The molecule has 0 unspecified atom stereocenters. The molecule has 154 valence electrons. The van der Waals surface area contributed by atoms with Gasteiger partial charge in [0.15, 0.2) is 0 Å². The maximum atomic E-state index is 12.8. The third-order valence-electron chi connectivity index (χ3n) is 4.17. The Morgan fingerprint density at radius 3 is 2.46 bits per heavy atom. The first kappa shape index (κ1) is 23.9. The summed E-state index contributed by atoms with van der Waals surface area (Å²) in [5, 5.41) is 6.05. The average Bonchev–Trinajstić information content (AvgIpc) is 2.62. The fourth-order valence-corrected chi connectivity index (χ4v) is 4.14. The monoisotopic (exact) mass is 425 g/mol. The van der Waals surface area contributed by atoms with Crippen molar-refractivity contribution < 1.29 is 13.2 Å². The fourth-order valence-electron chi connectivity index (χ4n) is 2.73. The van der Waals surface area contributed by atoms with Gasteiger partial charge in [-0.3, -0.25) is 9.52 Å². The Morgan fingerprint density at radius 2 is 1.79 bits per heavy atom. The van der Waals surface area contributed by atoms with E-state index in [4.69, 9.17) is 0 Å². The lowest BCUT2D eigenvalue weighted by atomic mass is 10.1. The molecule has 0 saturated carbocycles. The van der Waals surface area contributed by atoms with Crippen molar-refractivity contribution in [2.75, 3.05) is 17.8 Å². The lowest BCUT2D eigenvalue weighted by Crippen LogP contribution is -2.39. The van der Waals surface area contributed by atoms with E-state index >= 15 is 0 Å². The molecule has 2 aromatic carbocycles. The Balaban J connectivity index is 0.00000392. The zero-order valence-electron chi connectivity index (χ0n) is 16.6. The standard InChI is InChI=1S/C20H27N3O3S.ClH/c1-5-21-16(4)13-22-20(24)17-8-6-7-9-18(17)23-27(25,26)19-12-14(2)10-11-15(19)3;/h6-12,16,21,23H,5,13H2,1-4H3,(H,22,24);1H/t16-;/m1./s1. The molecule has 0 spiro atoms. The van der Waals surface area contributed by atoms with Gasteiger partial charge in [0.25, 0.3) is 15.9 Å². The molecule has 28 heavy (non-hydrogen) atoms. The van der Waals surface area contributed by atoms with Crippen LogP contribution in [0.2, 0.25) is 0 Å². The van der Waals surface area contributed by atoms with E-state index in [1.54, 1.807) is 43.3 Å². The molecular weight excluding hydrogens is 398 g/mol. The number of amides is 1. The van der Waals surface area contributed by atoms with Crippen molar-refractivity contribution >= 4 is 34.0 Å². The first-order chi connectivity index (χ1) is 12.7. The first-order valence-electron chi connectivity index (χ1n) is 8.95. The molecule has 6 nitrogen and oxygen atoms in total. The van der Waals surface area contributed by atoms with Gasteiger partial charge in [-0.1, -0.05) is 31.2 Å². The van der Waals surface area contributed by atoms with E-state index in [0.29, 0.717) is 12.1 Å². The molecule has 0 radical (unpaired) electrons. The molecule has 0 aromatic heterocycles. The predicted molar refractivity (Wildman–Crippen MR) is 116 cm³/mol. The molecule has 0 saturated heterocycles. The highest BCUT2D eigenvalue weighted by atomic mass is 35.5. The highest BCUT2D eigenvalue weighted by molar-refractivity contribution is 7.92. The summed E-state index contributed by atoms with van der Waals surface area (Å²) >= 11 is 0. The van der Waals surface area contributed by atoms with E-state index in [-0.39, 0.29) is 40.5 Å². The highest BCUT2D eigenvalue weighted by Gasteiger charge is 2.20. The van der Waals surface area contributed by atoms with Crippen LogP contribution in [0.1, 0.15) is 35.3 Å². The Bertz CT molecular complexity index is 917. The second kappa shape index (κ2) is 10.5. The molecule has 0 aliphatic carbocycles. The van der Waals surface area contributed by atoms with Crippen molar-refractivity contribution in [3.63, 3.8) is 0 Å². The van der Waals surface area contributed by atoms with Gasteiger partial charge >= 0.3 is 0 Å². The molecular formula is C20H28ClN3O3S. The molecule has 1 amide bonds. The summed E-state index contributed by atoms with van der Waals surface area (Å²) < 4.78 is 28.3. The van der Waals surface area contributed by atoms with Crippen molar-refractivity contribution in [1.29, 1.82) is 0 Å². The number of rotatable bonds is 8. The van der Waals surface area contributed by atoms with Gasteiger partial charge in [0, 0.05) is 12.6 Å². The number of sulfonamides is 1. The van der Waals surface area contributed by atoms with E-state index in [0.717, 1.165) is 12.1 Å². The van der Waals surface area contributed by atoms with Crippen LogP contribution in [0.15, 0.2) is 47.4 Å². The number of hydrogen-bond acceptors (Lipinski definition) is 4. The van der Waals surface area contributed by atoms with Gasteiger partial charge in [-0.15, -0.1) is 12.4 Å². The summed E-state index contributed by atoms with van der Waals surface area (Å²) in [4.78, 5) is 12.8. The van der Waals surface area contributed by atoms with E-state index in [2.05, 4.69) is 15.4 Å². The van der Waals surface area contributed by atoms with Gasteiger partial charge in [-0.25, -0.2) is 8.42 Å². The molecule has 2 aromatic rings. The number of aryl methyl sites for hydroxylation is 2. The molecule has 2 rings (SSSR count). The van der Waals surface area contributed by atoms with Crippen LogP contribution in [0.5, 0.6) is 0 Å². The Labute approximate surface area is 173 Å². The number of likely N-dealkylation sites (N-methyl/N-ethyl adjacent to an activating group) is 1.